The van der Waals surface area contributed by atoms with Crippen LogP contribution in [0, 0.1) is 0 Å². The van der Waals surface area contributed by atoms with Gasteiger partial charge in [-0.15, -0.1) is 23.1 Å². The summed E-state index contributed by atoms with van der Waals surface area (Å²) in [6.45, 7) is 6.01. The molecule has 1 aromatic heterocycles. The number of carbonyl (C=O) groups is 2. The van der Waals surface area contributed by atoms with E-state index in [9.17, 15) is 9.59 Å². The van der Waals surface area contributed by atoms with Crippen LogP contribution in [-0.2, 0) is 17.8 Å². The number of aromatic nitrogens is 1. The fraction of sp³-hybridized carbons (Fsp3) is 0.421. The Labute approximate surface area is 172 Å². The van der Waals surface area contributed by atoms with Gasteiger partial charge in [-0.05, 0) is 24.6 Å². The van der Waals surface area contributed by atoms with Crippen molar-refractivity contribution in [1.82, 2.24) is 14.8 Å². The molecule has 2 N–H and O–H groups in total. The van der Waals surface area contributed by atoms with Crippen LogP contribution < -0.4 is 10.6 Å². The van der Waals surface area contributed by atoms with Crippen LogP contribution in [0.25, 0.3) is 0 Å². The van der Waals surface area contributed by atoms with Gasteiger partial charge < -0.3 is 15.5 Å². The summed E-state index contributed by atoms with van der Waals surface area (Å²) < 4.78 is 0. The van der Waals surface area contributed by atoms with Gasteiger partial charge in [-0.1, -0.05) is 6.92 Å². The highest BCUT2D eigenvalue weighted by Gasteiger charge is 2.22. The fourth-order valence-electron chi connectivity index (χ4n) is 3.29. The minimum Gasteiger partial charge on any atom is -0.324 e. The number of thioether (sulfide) groups is 1. The van der Waals surface area contributed by atoms with Crippen molar-refractivity contribution in [2.75, 3.05) is 42.6 Å². The smallest absolute Gasteiger partial charge is 0.321 e. The Hall–Kier alpha value is -2.10. The first-order valence-electron chi connectivity index (χ1n) is 9.39. The quantitative estimate of drug-likeness (QED) is 0.799. The highest BCUT2D eigenvalue weighted by atomic mass is 32.2. The molecule has 148 valence electrons. The highest BCUT2D eigenvalue weighted by molar-refractivity contribution is 8.00. The van der Waals surface area contributed by atoms with Gasteiger partial charge in [-0.3, -0.25) is 9.69 Å². The summed E-state index contributed by atoms with van der Waals surface area (Å²) >= 11 is 3.23. The Balaban J connectivity index is 1.29. The maximum absolute atomic E-state index is 12.6. The third-order valence-electron chi connectivity index (χ3n) is 4.81. The van der Waals surface area contributed by atoms with Crippen molar-refractivity contribution >= 4 is 46.4 Å². The van der Waals surface area contributed by atoms with Crippen molar-refractivity contribution in [2.24, 2.45) is 0 Å². The first-order valence-corrected chi connectivity index (χ1v) is 11.3. The minimum atomic E-state index is -0.101. The van der Waals surface area contributed by atoms with E-state index in [4.69, 9.17) is 0 Å². The zero-order chi connectivity index (χ0) is 19.5. The van der Waals surface area contributed by atoms with Crippen LogP contribution in [0.2, 0.25) is 0 Å². The fourth-order valence-corrected chi connectivity index (χ4v) is 4.81. The summed E-state index contributed by atoms with van der Waals surface area (Å²) in [5.41, 5.74) is 2.58. The average molecular weight is 418 g/mol. The summed E-state index contributed by atoms with van der Waals surface area (Å²) in [5, 5.41) is 9.10. The third kappa shape index (κ3) is 4.48. The summed E-state index contributed by atoms with van der Waals surface area (Å²) in [6.07, 6.45) is 0.976. The van der Waals surface area contributed by atoms with Gasteiger partial charge in [0.2, 0.25) is 5.91 Å². The van der Waals surface area contributed by atoms with E-state index < -0.39 is 0 Å². The van der Waals surface area contributed by atoms with E-state index >= 15 is 0 Å². The molecule has 2 aliphatic rings. The molecule has 0 atom stereocenters. The number of rotatable bonds is 4. The monoisotopic (exact) mass is 417 g/mol. The van der Waals surface area contributed by atoms with Gasteiger partial charge in [0.05, 0.1) is 22.1 Å². The molecular formula is C19H23N5O2S2. The molecule has 0 spiro atoms. The van der Waals surface area contributed by atoms with E-state index in [1.165, 1.54) is 16.8 Å². The van der Waals surface area contributed by atoms with Crippen molar-refractivity contribution in [3.8, 4) is 0 Å². The van der Waals surface area contributed by atoms with E-state index in [1.54, 1.807) is 11.3 Å². The molecule has 2 aromatic rings. The number of hydrogen-bond donors (Lipinski definition) is 2. The summed E-state index contributed by atoms with van der Waals surface area (Å²) in [5.74, 6) is 0.423. The van der Waals surface area contributed by atoms with Crippen LogP contribution in [0.3, 0.4) is 0 Å². The topological polar surface area (TPSA) is 77.6 Å². The number of fused-ring (bicyclic) bond motifs is 1. The number of benzene rings is 1. The zero-order valence-corrected chi connectivity index (χ0v) is 17.4. The first kappa shape index (κ1) is 19.2. The number of urea groups is 1. The van der Waals surface area contributed by atoms with E-state index in [0.717, 1.165) is 42.3 Å². The van der Waals surface area contributed by atoms with Crippen LogP contribution in [-0.4, -0.2) is 58.7 Å². The molecule has 1 saturated heterocycles. The van der Waals surface area contributed by atoms with Crippen LogP contribution in [0.1, 0.15) is 17.6 Å². The molecule has 3 heterocycles. The van der Waals surface area contributed by atoms with Crippen molar-refractivity contribution < 1.29 is 9.59 Å². The molecular weight excluding hydrogens is 394 g/mol. The molecule has 9 heteroatoms. The van der Waals surface area contributed by atoms with Crippen molar-refractivity contribution in [3.63, 3.8) is 0 Å². The van der Waals surface area contributed by atoms with Gasteiger partial charge >= 0.3 is 6.03 Å². The molecule has 28 heavy (non-hydrogen) atoms. The SMILES string of the molecule is CCc1nc(CN2CCN(C(=O)Nc3ccc4c(c3)NC(=O)CS4)CC2)cs1. The van der Waals surface area contributed by atoms with E-state index in [0.29, 0.717) is 24.5 Å². The molecule has 7 nitrogen and oxygen atoms in total. The maximum Gasteiger partial charge on any atom is 0.321 e. The lowest BCUT2D eigenvalue weighted by atomic mass is 10.2. The van der Waals surface area contributed by atoms with Gasteiger partial charge in [0.1, 0.15) is 0 Å². The van der Waals surface area contributed by atoms with Gasteiger partial charge in [0.25, 0.3) is 0 Å². The minimum absolute atomic E-state index is 0.0109. The summed E-state index contributed by atoms with van der Waals surface area (Å²) in [6, 6.07) is 5.54. The highest BCUT2D eigenvalue weighted by Crippen LogP contribution is 2.33. The van der Waals surface area contributed by atoms with Gasteiger partial charge in [0.15, 0.2) is 0 Å². The Kier molecular flexibility index (Phi) is 5.84. The lowest BCUT2D eigenvalue weighted by Crippen LogP contribution is -2.49. The second kappa shape index (κ2) is 8.50. The number of hydrogen-bond acceptors (Lipinski definition) is 6. The molecule has 2 aliphatic heterocycles. The molecule has 1 fully saturated rings. The number of aryl methyl sites for hydroxylation is 1. The molecule has 1 aromatic carbocycles. The number of anilines is 2. The van der Waals surface area contributed by atoms with Gasteiger partial charge in [-0.25, -0.2) is 9.78 Å². The summed E-state index contributed by atoms with van der Waals surface area (Å²) in [7, 11) is 0. The zero-order valence-electron chi connectivity index (χ0n) is 15.7. The predicted octanol–water partition coefficient (Wildman–Crippen LogP) is 3.10. The molecule has 0 radical (unpaired) electrons. The second-order valence-electron chi connectivity index (χ2n) is 6.83. The first-order chi connectivity index (χ1) is 13.6. The van der Waals surface area contributed by atoms with E-state index in [1.807, 2.05) is 23.1 Å². The van der Waals surface area contributed by atoms with Crippen LogP contribution in [0.15, 0.2) is 28.5 Å². The molecule has 4 rings (SSSR count). The van der Waals surface area contributed by atoms with Crippen molar-refractivity contribution in [2.45, 2.75) is 24.8 Å². The molecule has 0 saturated carbocycles. The average Bonchev–Trinajstić information content (AvgIpc) is 3.16. The van der Waals surface area contributed by atoms with Gasteiger partial charge in [-0.2, -0.15) is 0 Å². The Morgan fingerprint density at radius 3 is 2.86 bits per heavy atom. The van der Waals surface area contributed by atoms with Crippen LogP contribution in [0.5, 0.6) is 0 Å². The Bertz CT molecular complexity index is 877. The molecule has 3 amide bonds. The van der Waals surface area contributed by atoms with Crippen molar-refractivity contribution in [1.29, 1.82) is 0 Å². The number of piperazine rings is 1. The second-order valence-corrected chi connectivity index (χ2v) is 8.79. The predicted molar refractivity (Wildman–Crippen MR) is 113 cm³/mol. The molecule has 0 unspecified atom stereocenters. The number of amides is 3. The lowest BCUT2D eigenvalue weighted by Gasteiger charge is -2.34. The number of thiazole rings is 1. The Morgan fingerprint density at radius 2 is 2.11 bits per heavy atom. The van der Waals surface area contributed by atoms with E-state index in [2.05, 4.69) is 32.8 Å². The van der Waals surface area contributed by atoms with Crippen LogP contribution >= 0.6 is 23.1 Å². The lowest BCUT2D eigenvalue weighted by molar-refractivity contribution is -0.113. The number of nitrogens with one attached hydrogen (secondary N) is 2. The largest absolute Gasteiger partial charge is 0.324 e. The normalized spacial score (nSPS) is 17.2. The summed E-state index contributed by atoms with van der Waals surface area (Å²) in [4.78, 5) is 34.0. The van der Waals surface area contributed by atoms with E-state index in [-0.39, 0.29) is 11.9 Å². The van der Waals surface area contributed by atoms with Crippen LogP contribution in [0.4, 0.5) is 16.2 Å². The van der Waals surface area contributed by atoms with Gasteiger partial charge in [0, 0.05) is 48.7 Å². The molecule has 0 aliphatic carbocycles. The Morgan fingerprint density at radius 1 is 1.29 bits per heavy atom. The standard InChI is InChI=1S/C19H23N5O2S2/c1-2-18-20-14(11-28-18)10-23-5-7-24(8-6-23)19(26)21-13-3-4-16-15(9-13)22-17(25)12-27-16/h3-4,9,11H,2,5-8,10,12H2,1H3,(H,21,26)(H,22,25). The number of carbonyl (C=O) groups excluding carboxylic acids is 2. The van der Waals surface area contributed by atoms with Crippen molar-refractivity contribution in [3.05, 3.63) is 34.3 Å². The third-order valence-corrected chi connectivity index (χ3v) is 6.93. The molecule has 0 bridgehead atoms. The maximum atomic E-state index is 12.6. The number of nitrogens with zero attached hydrogens (tertiary/aromatic N) is 3.